The molecule has 1 amide bonds. The molecule has 1 aliphatic carbocycles. The van der Waals surface area contributed by atoms with Crippen molar-refractivity contribution in [3.05, 3.63) is 10.6 Å². The SMILES string of the molecule is CCCc1nnsc1C(=O)NCC1(CBr)CCCC1. The lowest BCUT2D eigenvalue weighted by Crippen LogP contribution is -2.37. The van der Waals surface area contributed by atoms with Gasteiger partial charge in [0.15, 0.2) is 0 Å². The third kappa shape index (κ3) is 3.54. The quantitative estimate of drug-likeness (QED) is 0.805. The molecule has 6 heteroatoms. The zero-order valence-electron chi connectivity index (χ0n) is 11.2. The third-order valence-corrected chi connectivity index (χ3v) is 5.78. The van der Waals surface area contributed by atoms with Crippen LogP contribution in [0.1, 0.15) is 54.4 Å². The van der Waals surface area contributed by atoms with Gasteiger partial charge in [-0.2, -0.15) is 0 Å². The maximum absolute atomic E-state index is 12.2. The van der Waals surface area contributed by atoms with E-state index < -0.39 is 0 Å². The lowest BCUT2D eigenvalue weighted by Gasteiger charge is -2.26. The van der Waals surface area contributed by atoms with Crippen molar-refractivity contribution < 1.29 is 4.79 Å². The van der Waals surface area contributed by atoms with E-state index in [1.54, 1.807) is 0 Å². The first kappa shape index (κ1) is 14.9. The van der Waals surface area contributed by atoms with Crippen molar-refractivity contribution in [2.24, 2.45) is 5.41 Å². The van der Waals surface area contributed by atoms with Crippen LogP contribution in [-0.2, 0) is 6.42 Å². The standard InChI is InChI=1S/C13H20BrN3OS/c1-2-5-10-11(19-17-16-10)12(18)15-9-13(8-14)6-3-4-7-13/h2-9H2,1H3,(H,15,18). The van der Waals surface area contributed by atoms with Crippen molar-refractivity contribution >= 4 is 33.4 Å². The molecule has 0 aliphatic heterocycles. The van der Waals surface area contributed by atoms with Crippen LogP contribution in [0.5, 0.6) is 0 Å². The molecule has 0 spiro atoms. The average Bonchev–Trinajstić information content (AvgIpc) is 3.06. The largest absolute Gasteiger partial charge is 0.351 e. The first-order valence-electron chi connectivity index (χ1n) is 6.86. The minimum atomic E-state index is -0.00863. The second-order valence-corrected chi connectivity index (χ2v) is 6.64. The van der Waals surface area contributed by atoms with E-state index in [1.807, 2.05) is 0 Å². The minimum absolute atomic E-state index is 0.00863. The molecular weight excluding hydrogens is 326 g/mol. The zero-order valence-corrected chi connectivity index (χ0v) is 13.6. The molecule has 4 nitrogen and oxygen atoms in total. The molecule has 2 rings (SSSR count). The summed E-state index contributed by atoms with van der Waals surface area (Å²) >= 11 is 4.80. The van der Waals surface area contributed by atoms with Crippen LogP contribution in [0.2, 0.25) is 0 Å². The molecule has 0 aromatic carbocycles. The zero-order chi connectivity index (χ0) is 13.7. The molecule has 1 saturated carbocycles. The van der Waals surface area contributed by atoms with Gasteiger partial charge in [0.1, 0.15) is 4.88 Å². The highest BCUT2D eigenvalue weighted by atomic mass is 79.9. The van der Waals surface area contributed by atoms with E-state index in [1.165, 1.54) is 37.2 Å². The highest BCUT2D eigenvalue weighted by Gasteiger charge is 2.33. The van der Waals surface area contributed by atoms with Crippen LogP contribution >= 0.6 is 27.5 Å². The third-order valence-electron chi connectivity index (χ3n) is 3.82. The van der Waals surface area contributed by atoms with Crippen molar-refractivity contribution in [2.45, 2.75) is 45.4 Å². The summed E-state index contributed by atoms with van der Waals surface area (Å²) in [5.41, 5.74) is 1.09. The second kappa shape index (κ2) is 6.79. The predicted molar refractivity (Wildman–Crippen MR) is 80.9 cm³/mol. The van der Waals surface area contributed by atoms with Gasteiger partial charge in [0.2, 0.25) is 0 Å². The number of aryl methyl sites for hydroxylation is 1. The molecular formula is C13H20BrN3OS. The molecule has 19 heavy (non-hydrogen) atoms. The summed E-state index contributed by atoms with van der Waals surface area (Å²) < 4.78 is 3.90. The first-order valence-corrected chi connectivity index (χ1v) is 8.75. The number of nitrogens with zero attached hydrogens (tertiary/aromatic N) is 2. The van der Waals surface area contributed by atoms with Gasteiger partial charge in [0.25, 0.3) is 5.91 Å². The number of rotatable bonds is 6. The second-order valence-electron chi connectivity index (χ2n) is 5.32. The summed E-state index contributed by atoms with van der Waals surface area (Å²) in [4.78, 5) is 12.9. The minimum Gasteiger partial charge on any atom is -0.351 e. The molecule has 1 N–H and O–H groups in total. The van der Waals surface area contributed by atoms with Crippen molar-refractivity contribution in [1.82, 2.24) is 14.9 Å². The molecule has 1 heterocycles. The molecule has 0 radical (unpaired) electrons. The molecule has 106 valence electrons. The van der Waals surface area contributed by atoms with Crippen LogP contribution in [0, 0.1) is 5.41 Å². The fourth-order valence-electron chi connectivity index (χ4n) is 2.61. The topological polar surface area (TPSA) is 54.9 Å². The number of halogens is 1. The van der Waals surface area contributed by atoms with E-state index in [4.69, 9.17) is 0 Å². The highest BCUT2D eigenvalue weighted by Crippen LogP contribution is 2.39. The first-order chi connectivity index (χ1) is 9.21. The number of hydrogen-bond donors (Lipinski definition) is 1. The Labute approximate surface area is 126 Å². The van der Waals surface area contributed by atoms with Crippen molar-refractivity contribution in [3.63, 3.8) is 0 Å². The van der Waals surface area contributed by atoms with Gasteiger partial charge >= 0.3 is 0 Å². The number of carbonyl (C=O) groups is 1. The van der Waals surface area contributed by atoms with E-state index >= 15 is 0 Å². The van der Waals surface area contributed by atoms with Gasteiger partial charge < -0.3 is 5.32 Å². The number of nitrogens with one attached hydrogen (secondary N) is 1. The molecule has 0 unspecified atom stereocenters. The number of amides is 1. The van der Waals surface area contributed by atoms with Crippen molar-refractivity contribution in [2.75, 3.05) is 11.9 Å². The van der Waals surface area contributed by atoms with Gasteiger partial charge in [-0.3, -0.25) is 4.79 Å². The fourth-order valence-corrected chi connectivity index (χ4v) is 4.00. The van der Waals surface area contributed by atoms with Crippen LogP contribution in [-0.4, -0.2) is 27.4 Å². The molecule has 1 aromatic rings. The smallest absolute Gasteiger partial charge is 0.264 e. The number of carbonyl (C=O) groups excluding carboxylic acids is 1. The normalized spacial score (nSPS) is 17.6. The Kier molecular flexibility index (Phi) is 5.33. The van der Waals surface area contributed by atoms with E-state index in [-0.39, 0.29) is 11.3 Å². The van der Waals surface area contributed by atoms with Crippen LogP contribution in [0.25, 0.3) is 0 Å². The molecule has 1 aliphatic rings. The average molecular weight is 346 g/mol. The Bertz CT molecular complexity index is 429. The fraction of sp³-hybridized carbons (Fsp3) is 0.769. The van der Waals surface area contributed by atoms with Crippen molar-refractivity contribution in [3.8, 4) is 0 Å². The maximum Gasteiger partial charge on any atom is 0.264 e. The Morgan fingerprint density at radius 3 is 2.84 bits per heavy atom. The summed E-state index contributed by atoms with van der Waals surface area (Å²) in [6.45, 7) is 2.83. The maximum atomic E-state index is 12.2. The summed E-state index contributed by atoms with van der Waals surface area (Å²) in [6.07, 6.45) is 6.73. The molecule has 0 atom stereocenters. The summed E-state index contributed by atoms with van der Waals surface area (Å²) in [6, 6.07) is 0. The Hall–Kier alpha value is -0.490. The van der Waals surface area contributed by atoms with Crippen LogP contribution in [0.15, 0.2) is 0 Å². The summed E-state index contributed by atoms with van der Waals surface area (Å²) in [5.74, 6) is -0.00863. The van der Waals surface area contributed by atoms with Gasteiger partial charge in [-0.25, -0.2) is 0 Å². The summed E-state index contributed by atoms with van der Waals surface area (Å²) in [7, 11) is 0. The molecule has 0 bridgehead atoms. The number of aromatic nitrogens is 2. The van der Waals surface area contributed by atoms with E-state index in [9.17, 15) is 4.79 Å². The molecule has 0 saturated heterocycles. The predicted octanol–water partition coefficient (Wildman–Crippen LogP) is 3.18. The van der Waals surface area contributed by atoms with Gasteiger partial charge in [0.05, 0.1) is 5.69 Å². The van der Waals surface area contributed by atoms with Gasteiger partial charge in [0, 0.05) is 11.9 Å². The Balaban J connectivity index is 1.95. The Morgan fingerprint density at radius 2 is 2.21 bits per heavy atom. The summed E-state index contributed by atoms with van der Waals surface area (Å²) in [5, 5.41) is 8.08. The molecule has 1 aromatic heterocycles. The monoisotopic (exact) mass is 345 g/mol. The molecule has 1 fully saturated rings. The number of hydrogen-bond acceptors (Lipinski definition) is 4. The lowest BCUT2D eigenvalue weighted by molar-refractivity contribution is 0.0938. The van der Waals surface area contributed by atoms with Gasteiger partial charge in [-0.15, -0.1) is 5.10 Å². The number of alkyl halides is 1. The van der Waals surface area contributed by atoms with E-state index in [2.05, 4.69) is 37.8 Å². The van der Waals surface area contributed by atoms with E-state index in [0.29, 0.717) is 4.88 Å². The lowest BCUT2D eigenvalue weighted by atomic mass is 9.89. The van der Waals surface area contributed by atoms with Crippen molar-refractivity contribution in [1.29, 1.82) is 0 Å². The Morgan fingerprint density at radius 1 is 1.47 bits per heavy atom. The van der Waals surface area contributed by atoms with Crippen LogP contribution in [0.3, 0.4) is 0 Å². The van der Waals surface area contributed by atoms with Gasteiger partial charge in [-0.05, 0) is 36.2 Å². The van der Waals surface area contributed by atoms with E-state index in [0.717, 1.165) is 30.4 Å². The van der Waals surface area contributed by atoms with Crippen LogP contribution < -0.4 is 5.32 Å². The highest BCUT2D eigenvalue weighted by molar-refractivity contribution is 9.09. The van der Waals surface area contributed by atoms with Crippen LogP contribution in [0.4, 0.5) is 0 Å². The van der Waals surface area contributed by atoms with Gasteiger partial charge in [-0.1, -0.05) is 46.6 Å².